The van der Waals surface area contributed by atoms with E-state index in [2.05, 4.69) is 5.32 Å². The van der Waals surface area contributed by atoms with Gasteiger partial charge in [-0.3, -0.25) is 4.79 Å². The maximum Gasteiger partial charge on any atom is 0.328 e. The van der Waals surface area contributed by atoms with Crippen molar-refractivity contribution in [3.63, 3.8) is 0 Å². The minimum atomic E-state index is -0.766. The number of hydrogen-bond acceptors (Lipinski definition) is 3. The van der Waals surface area contributed by atoms with E-state index < -0.39 is 17.9 Å². The fourth-order valence-electron chi connectivity index (χ4n) is 3.30. The molecule has 4 heteroatoms. The Bertz CT molecular complexity index is 929. The maximum atomic E-state index is 13.3. The van der Waals surface area contributed by atoms with E-state index in [1.165, 1.54) is 7.11 Å². The molecule has 0 bridgehead atoms. The zero-order valence-electron chi connectivity index (χ0n) is 16.9. The molecular weight excluding hydrogens is 374 g/mol. The zero-order valence-corrected chi connectivity index (χ0v) is 16.9. The van der Waals surface area contributed by atoms with E-state index in [4.69, 9.17) is 4.74 Å². The molecule has 0 unspecified atom stereocenters. The average Bonchev–Trinajstić information content (AvgIpc) is 2.80. The lowest BCUT2D eigenvalue weighted by atomic mass is 9.90. The molecule has 1 atom stereocenters. The molecule has 0 aliphatic carbocycles. The van der Waals surface area contributed by atoms with Gasteiger partial charge in [0.25, 0.3) is 0 Å². The highest BCUT2D eigenvalue weighted by Crippen LogP contribution is 2.25. The first kappa shape index (κ1) is 21.1. The fraction of sp³-hybridized carbons (Fsp3) is 0.154. The first-order valence-electron chi connectivity index (χ1n) is 9.88. The summed E-state index contributed by atoms with van der Waals surface area (Å²) in [5, 5.41) is 2.89. The number of nitrogens with one attached hydrogen (secondary N) is 1. The van der Waals surface area contributed by atoms with Crippen LogP contribution < -0.4 is 5.32 Å². The zero-order chi connectivity index (χ0) is 21.2. The molecular formula is C26H25NO3. The van der Waals surface area contributed by atoms with Gasteiger partial charge in [0.2, 0.25) is 5.91 Å². The Morgan fingerprint density at radius 2 is 1.33 bits per heavy atom. The summed E-state index contributed by atoms with van der Waals surface area (Å²) in [4.78, 5) is 25.6. The SMILES string of the molecule is COC(=O)[C@@H](C/C=C/c1ccccc1)NC(=O)C(c1ccccc1)c1ccccc1. The van der Waals surface area contributed by atoms with Crippen LogP contribution in [-0.4, -0.2) is 25.0 Å². The van der Waals surface area contributed by atoms with E-state index in [1.54, 1.807) is 0 Å². The third-order valence-corrected chi connectivity index (χ3v) is 4.81. The molecule has 0 aliphatic rings. The number of hydrogen-bond donors (Lipinski definition) is 1. The molecule has 1 amide bonds. The number of esters is 1. The normalized spacial score (nSPS) is 11.9. The lowest BCUT2D eigenvalue weighted by Gasteiger charge is -2.21. The molecule has 0 saturated carbocycles. The number of carbonyl (C=O) groups is 2. The molecule has 0 spiro atoms. The van der Waals surface area contributed by atoms with Gasteiger partial charge in [0.15, 0.2) is 0 Å². The average molecular weight is 399 g/mol. The lowest BCUT2D eigenvalue weighted by molar-refractivity contribution is -0.145. The van der Waals surface area contributed by atoms with Gasteiger partial charge in [0, 0.05) is 0 Å². The highest BCUT2D eigenvalue weighted by atomic mass is 16.5. The second kappa shape index (κ2) is 10.8. The summed E-state index contributed by atoms with van der Waals surface area (Å²) < 4.78 is 4.92. The molecule has 0 radical (unpaired) electrons. The van der Waals surface area contributed by atoms with Crippen molar-refractivity contribution >= 4 is 18.0 Å². The molecule has 3 aromatic carbocycles. The van der Waals surface area contributed by atoms with Crippen molar-refractivity contribution < 1.29 is 14.3 Å². The molecule has 30 heavy (non-hydrogen) atoms. The second-order valence-corrected chi connectivity index (χ2v) is 6.89. The summed E-state index contributed by atoms with van der Waals surface area (Å²) in [6.07, 6.45) is 4.13. The number of benzene rings is 3. The van der Waals surface area contributed by atoms with Gasteiger partial charge in [-0.15, -0.1) is 0 Å². The number of ether oxygens (including phenoxy) is 1. The fourth-order valence-corrected chi connectivity index (χ4v) is 3.30. The van der Waals surface area contributed by atoms with Crippen LogP contribution in [0.25, 0.3) is 6.08 Å². The predicted octanol–water partition coefficient (Wildman–Crippen LogP) is 4.58. The summed E-state index contributed by atoms with van der Waals surface area (Å²) in [6.45, 7) is 0. The molecule has 3 aromatic rings. The molecule has 0 aromatic heterocycles. The Morgan fingerprint density at radius 1 is 0.833 bits per heavy atom. The van der Waals surface area contributed by atoms with E-state index in [-0.39, 0.29) is 5.91 Å². The smallest absolute Gasteiger partial charge is 0.328 e. The molecule has 1 N–H and O–H groups in total. The van der Waals surface area contributed by atoms with Gasteiger partial charge >= 0.3 is 5.97 Å². The maximum absolute atomic E-state index is 13.3. The van der Waals surface area contributed by atoms with Crippen molar-refractivity contribution in [3.05, 3.63) is 114 Å². The van der Waals surface area contributed by atoms with Gasteiger partial charge in [0.05, 0.1) is 13.0 Å². The summed E-state index contributed by atoms with van der Waals surface area (Å²) in [5.74, 6) is -1.23. The Hall–Kier alpha value is -3.66. The van der Waals surface area contributed by atoms with E-state index in [1.807, 2.05) is 103 Å². The van der Waals surface area contributed by atoms with Gasteiger partial charge in [-0.25, -0.2) is 4.79 Å². The highest BCUT2D eigenvalue weighted by Gasteiger charge is 2.27. The number of amides is 1. The molecule has 4 nitrogen and oxygen atoms in total. The molecule has 0 saturated heterocycles. The molecule has 152 valence electrons. The monoisotopic (exact) mass is 399 g/mol. The summed E-state index contributed by atoms with van der Waals surface area (Å²) in [5.41, 5.74) is 2.76. The van der Waals surface area contributed by atoms with Crippen molar-refractivity contribution in [2.24, 2.45) is 0 Å². The first-order valence-corrected chi connectivity index (χ1v) is 9.88. The summed E-state index contributed by atoms with van der Waals surface area (Å²) >= 11 is 0. The van der Waals surface area contributed by atoms with Crippen molar-refractivity contribution in [2.45, 2.75) is 18.4 Å². The molecule has 3 rings (SSSR count). The van der Waals surface area contributed by atoms with Crippen molar-refractivity contribution in [3.8, 4) is 0 Å². The Labute approximate surface area is 177 Å². The van der Waals surface area contributed by atoms with E-state index in [0.717, 1.165) is 16.7 Å². The lowest BCUT2D eigenvalue weighted by Crippen LogP contribution is -2.43. The van der Waals surface area contributed by atoms with Crippen LogP contribution in [0.2, 0.25) is 0 Å². The van der Waals surface area contributed by atoms with Crippen LogP contribution in [0.5, 0.6) is 0 Å². The number of rotatable bonds is 8. The van der Waals surface area contributed by atoms with Crippen LogP contribution in [0.4, 0.5) is 0 Å². The van der Waals surface area contributed by atoms with Gasteiger partial charge in [0.1, 0.15) is 6.04 Å². The van der Waals surface area contributed by atoms with Crippen LogP contribution >= 0.6 is 0 Å². The van der Waals surface area contributed by atoms with E-state index in [0.29, 0.717) is 6.42 Å². The Kier molecular flexibility index (Phi) is 7.56. The topological polar surface area (TPSA) is 55.4 Å². The third-order valence-electron chi connectivity index (χ3n) is 4.81. The molecule has 0 aliphatic heterocycles. The van der Waals surface area contributed by atoms with Gasteiger partial charge in [-0.2, -0.15) is 0 Å². The summed E-state index contributed by atoms with van der Waals surface area (Å²) in [7, 11) is 1.33. The van der Waals surface area contributed by atoms with Crippen LogP contribution in [0.3, 0.4) is 0 Å². The Morgan fingerprint density at radius 3 is 1.83 bits per heavy atom. The minimum Gasteiger partial charge on any atom is -0.467 e. The minimum absolute atomic E-state index is 0.240. The van der Waals surface area contributed by atoms with Crippen LogP contribution in [0.15, 0.2) is 97.1 Å². The number of carbonyl (C=O) groups excluding carboxylic acids is 2. The van der Waals surface area contributed by atoms with Crippen LogP contribution in [-0.2, 0) is 14.3 Å². The van der Waals surface area contributed by atoms with Crippen molar-refractivity contribution in [1.82, 2.24) is 5.32 Å². The quantitative estimate of drug-likeness (QED) is 0.564. The molecule has 0 fully saturated rings. The van der Waals surface area contributed by atoms with Gasteiger partial charge in [-0.05, 0) is 23.1 Å². The van der Waals surface area contributed by atoms with Crippen molar-refractivity contribution in [1.29, 1.82) is 0 Å². The van der Waals surface area contributed by atoms with Gasteiger partial charge in [-0.1, -0.05) is 103 Å². The van der Waals surface area contributed by atoms with E-state index >= 15 is 0 Å². The standard InChI is InChI=1S/C26H25NO3/c1-30-26(29)23(19-11-14-20-12-5-2-6-13-20)27-25(28)24(21-15-7-3-8-16-21)22-17-9-4-10-18-22/h2-18,23-24H,19H2,1H3,(H,27,28)/b14-11+/t23-/m1/s1. The Balaban J connectivity index is 1.80. The second-order valence-electron chi connectivity index (χ2n) is 6.89. The van der Waals surface area contributed by atoms with Gasteiger partial charge < -0.3 is 10.1 Å². The first-order chi connectivity index (χ1) is 14.7. The van der Waals surface area contributed by atoms with E-state index in [9.17, 15) is 9.59 Å². The highest BCUT2D eigenvalue weighted by molar-refractivity contribution is 5.91. The molecule has 0 heterocycles. The number of methoxy groups -OCH3 is 1. The van der Waals surface area contributed by atoms with Crippen LogP contribution in [0.1, 0.15) is 29.0 Å². The third kappa shape index (κ3) is 5.67. The predicted molar refractivity (Wildman–Crippen MR) is 119 cm³/mol. The summed E-state index contributed by atoms with van der Waals surface area (Å²) in [6, 6.07) is 28.1. The largest absolute Gasteiger partial charge is 0.467 e. The van der Waals surface area contributed by atoms with Crippen LogP contribution in [0, 0.1) is 0 Å². The van der Waals surface area contributed by atoms with Crippen molar-refractivity contribution in [2.75, 3.05) is 7.11 Å².